The first kappa shape index (κ1) is 16.3. The molecule has 0 aliphatic heterocycles. The molecule has 0 radical (unpaired) electrons. The van der Waals surface area contributed by atoms with E-state index in [1.54, 1.807) is 6.07 Å². The van der Waals surface area contributed by atoms with Gasteiger partial charge in [0.05, 0.1) is 5.69 Å². The molecular weight excluding hydrogens is 348 g/mol. The standard InChI is InChI=1S/C24H14N2O2/c27-23-21-17(12-7-13-25-21)20-18(15-8-3-1-4-9-15)14-19(26-22(20)24(23)28)16-10-5-2-6-11-16/h1-14H. The van der Waals surface area contributed by atoms with E-state index in [4.69, 9.17) is 0 Å². The molecule has 4 heteroatoms. The molecule has 0 saturated heterocycles. The van der Waals surface area contributed by atoms with Gasteiger partial charge >= 0.3 is 0 Å². The number of pyridine rings is 2. The molecule has 0 saturated carbocycles. The molecule has 1 aliphatic carbocycles. The highest BCUT2D eigenvalue weighted by Crippen LogP contribution is 2.41. The van der Waals surface area contributed by atoms with Crippen LogP contribution in [-0.2, 0) is 0 Å². The van der Waals surface area contributed by atoms with Crippen LogP contribution >= 0.6 is 0 Å². The van der Waals surface area contributed by atoms with Gasteiger partial charge in [0.2, 0.25) is 0 Å². The Balaban J connectivity index is 1.89. The van der Waals surface area contributed by atoms with Crippen LogP contribution < -0.4 is 0 Å². The van der Waals surface area contributed by atoms with Crippen LogP contribution in [0.15, 0.2) is 85.1 Å². The second-order valence-electron chi connectivity index (χ2n) is 6.57. The summed E-state index contributed by atoms with van der Waals surface area (Å²) in [5.74, 6) is -1.23. The van der Waals surface area contributed by atoms with E-state index >= 15 is 0 Å². The predicted molar refractivity (Wildman–Crippen MR) is 107 cm³/mol. The van der Waals surface area contributed by atoms with Gasteiger partial charge in [0.1, 0.15) is 11.4 Å². The summed E-state index contributed by atoms with van der Waals surface area (Å²) in [6.45, 7) is 0. The van der Waals surface area contributed by atoms with Crippen molar-refractivity contribution >= 4 is 11.6 Å². The number of hydrogen-bond donors (Lipinski definition) is 0. The molecule has 0 atom stereocenters. The van der Waals surface area contributed by atoms with E-state index in [0.717, 1.165) is 16.7 Å². The number of Topliss-reactive ketones (excluding diaryl/α,β-unsaturated/α-hetero) is 2. The quantitative estimate of drug-likeness (QED) is 0.478. The van der Waals surface area contributed by atoms with E-state index in [2.05, 4.69) is 9.97 Å². The average Bonchev–Trinajstić information content (AvgIpc) is 2.78. The zero-order valence-electron chi connectivity index (χ0n) is 14.8. The molecule has 2 aromatic carbocycles. The third kappa shape index (κ3) is 2.47. The normalized spacial score (nSPS) is 12.4. The minimum absolute atomic E-state index is 0.186. The number of carbonyl (C=O) groups excluding carboxylic acids is 2. The molecule has 4 aromatic rings. The fourth-order valence-electron chi connectivity index (χ4n) is 3.59. The first-order valence-electron chi connectivity index (χ1n) is 8.94. The third-order valence-electron chi connectivity index (χ3n) is 4.89. The zero-order chi connectivity index (χ0) is 19.1. The van der Waals surface area contributed by atoms with Gasteiger partial charge in [0, 0.05) is 22.9 Å². The van der Waals surface area contributed by atoms with Gasteiger partial charge < -0.3 is 0 Å². The number of fused-ring (bicyclic) bond motifs is 3. The van der Waals surface area contributed by atoms with Gasteiger partial charge in [-0.2, -0.15) is 0 Å². The number of hydrogen-bond acceptors (Lipinski definition) is 4. The van der Waals surface area contributed by atoms with Crippen molar-refractivity contribution in [1.82, 2.24) is 9.97 Å². The van der Waals surface area contributed by atoms with Crippen LogP contribution in [-0.4, -0.2) is 21.5 Å². The summed E-state index contributed by atoms with van der Waals surface area (Å²) in [4.78, 5) is 34.3. The first-order valence-corrected chi connectivity index (χ1v) is 8.94. The summed E-state index contributed by atoms with van der Waals surface area (Å²) in [6, 6.07) is 25.0. The van der Waals surface area contributed by atoms with Gasteiger partial charge in [-0.05, 0) is 23.3 Å². The molecule has 28 heavy (non-hydrogen) atoms. The molecule has 1 aliphatic rings. The van der Waals surface area contributed by atoms with Gasteiger partial charge in [0.25, 0.3) is 11.6 Å². The highest BCUT2D eigenvalue weighted by Gasteiger charge is 2.35. The maximum atomic E-state index is 12.9. The van der Waals surface area contributed by atoms with Crippen LogP contribution in [0.2, 0.25) is 0 Å². The molecule has 2 heterocycles. The van der Waals surface area contributed by atoms with Gasteiger partial charge in [0.15, 0.2) is 0 Å². The SMILES string of the molecule is O=C1C(=O)c2nc(-c3ccccc3)cc(-c3ccccc3)c2-c2cccnc21. The molecule has 2 aromatic heterocycles. The Morgan fingerprint density at radius 3 is 1.96 bits per heavy atom. The monoisotopic (exact) mass is 362 g/mol. The van der Waals surface area contributed by atoms with Gasteiger partial charge in [-0.3, -0.25) is 14.6 Å². The summed E-state index contributed by atoms with van der Waals surface area (Å²) < 4.78 is 0. The Morgan fingerprint density at radius 1 is 0.607 bits per heavy atom. The fourth-order valence-corrected chi connectivity index (χ4v) is 3.59. The summed E-state index contributed by atoms with van der Waals surface area (Å²) in [7, 11) is 0. The molecule has 5 rings (SSSR count). The number of nitrogens with zero attached hydrogens (tertiary/aromatic N) is 2. The van der Waals surface area contributed by atoms with Crippen molar-refractivity contribution in [2.24, 2.45) is 0 Å². The van der Waals surface area contributed by atoms with Crippen molar-refractivity contribution < 1.29 is 9.59 Å². The lowest BCUT2D eigenvalue weighted by molar-refractivity contribution is 0.0809. The summed E-state index contributed by atoms with van der Waals surface area (Å²) in [5.41, 5.74) is 5.05. The number of ketones is 2. The summed E-state index contributed by atoms with van der Waals surface area (Å²) in [5, 5.41) is 0. The second kappa shape index (κ2) is 6.35. The maximum Gasteiger partial charge on any atom is 0.254 e. The Hall–Kier alpha value is -3.92. The van der Waals surface area contributed by atoms with Crippen molar-refractivity contribution in [2.75, 3.05) is 0 Å². The second-order valence-corrected chi connectivity index (χ2v) is 6.57. The Bertz CT molecular complexity index is 1230. The van der Waals surface area contributed by atoms with Gasteiger partial charge in [-0.25, -0.2) is 4.98 Å². The molecular formula is C24H14N2O2. The smallest absolute Gasteiger partial charge is 0.254 e. The molecule has 4 nitrogen and oxygen atoms in total. The van der Waals surface area contributed by atoms with Gasteiger partial charge in [-0.1, -0.05) is 66.7 Å². The van der Waals surface area contributed by atoms with E-state index in [1.807, 2.05) is 72.8 Å². The number of benzene rings is 2. The first-order chi connectivity index (χ1) is 13.7. The molecule has 0 bridgehead atoms. The lowest BCUT2D eigenvalue weighted by Gasteiger charge is -2.21. The van der Waals surface area contributed by atoms with Crippen LogP contribution in [0.5, 0.6) is 0 Å². The highest BCUT2D eigenvalue weighted by atomic mass is 16.2. The molecule has 0 unspecified atom stereocenters. The lowest BCUT2D eigenvalue weighted by atomic mass is 9.84. The molecule has 132 valence electrons. The Labute approximate surface area is 161 Å². The van der Waals surface area contributed by atoms with Crippen molar-refractivity contribution in [3.63, 3.8) is 0 Å². The molecule has 0 spiro atoms. The van der Waals surface area contributed by atoms with Crippen LogP contribution in [0.4, 0.5) is 0 Å². The maximum absolute atomic E-state index is 12.9. The minimum Gasteiger partial charge on any atom is -0.283 e. The minimum atomic E-state index is -0.615. The Morgan fingerprint density at radius 2 is 1.25 bits per heavy atom. The van der Waals surface area contributed by atoms with E-state index in [-0.39, 0.29) is 11.4 Å². The molecule has 0 N–H and O–H groups in total. The third-order valence-corrected chi connectivity index (χ3v) is 4.89. The molecule has 0 fully saturated rings. The van der Waals surface area contributed by atoms with Crippen molar-refractivity contribution in [2.45, 2.75) is 0 Å². The lowest BCUT2D eigenvalue weighted by Crippen LogP contribution is -2.24. The molecule has 0 amide bonds. The van der Waals surface area contributed by atoms with Gasteiger partial charge in [-0.15, -0.1) is 0 Å². The number of rotatable bonds is 2. The highest BCUT2D eigenvalue weighted by molar-refractivity contribution is 6.52. The van der Waals surface area contributed by atoms with Crippen LogP contribution in [0.25, 0.3) is 33.5 Å². The van der Waals surface area contributed by atoms with Crippen molar-refractivity contribution in [3.8, 4) is 33.5 Å². The summed E-state index contributed by atoms with van der Waals surface area (Å²) in [6.07, 6.45) is 1.53. The van der Waals surface area contributed by atoms with E-state index in [0.29, 0.717) is 16.8 Å². The number of carbonyl (C=O) groups is 2. The van der Waals surface area contributed by atoms with E-state index < -0.39 is 11.6 Å². The van der Waals surface area contributed by atoms with E-state index in [9.17, 15) is 9.59 Å². The van der Waals surface area contributed by atoms with Crippen LogP contribution in [0.3, 0.4) is 0 Å². The fraction of sp³-hybridized carbons (Fsp3) is 0. The Kier molecular flexibility index (Phi) is 3.69. The zero-order valence-corrected chi connectivity index (χ0v) is 14.8. The van der Waals surface area contributed by atoms with Crippen LogP contribution in [0.1, 0.15) is 21.0 Å². The largest absolute Gasteiger partial charge is 0.283 e. The summed E-state index contributed by atoms with van der Waals surface area (Å²) >= 11 is 0. The van der Waals surface area contributed by atoms with Crippen molar-refractivity contribution in [3.05, 3.63) is 96.4 Å². The predicted octanol–water partition coefficient (Wildman–Crippen LogP) is 4.86. The number of aromatic nitrogens is 2. The topological polar surface area (TPSA) is 59.9 Å². The van der Waals surface area contributed by atoms with Crippen molar-refractivity contribution in [1.29, 1.82) is 0 Å². The van der Waals surface area contributed by atoms with E-state index in [1.165, 1.54) is 6.20 Å². The average molecular weight is 362 g/mol. The van der Waals surface area contributed by atoms with Crippen LogP contribution in [0, 0.1) is 0 Å².